The van der Waals surface area contributed by atoms with Crippen LogP contribution in [0.15, 0.2) is 24.3 Å². The molecular formula is C20H28N2O3. The first-order valence-electron chi connectivity index (χ1n) is 9.37. The number of ether oxygens (including phenoxy) is 2. The van der Waals surface area contributed by atoms with Crippen LogP contribution in [0.5, 0.6) is 5.75 Å². The summed E-state index contributed by atoms with van der Waals surface area (Å²) in [4.78, 5) is 17.3. The molecule has 0 aliphatic carbocycles. The van der Waals surface area contributed by atoms with E-state index in [0.29, 0.717) is 30.1 Å². The lowest BCUT2D eigenvalue weighted by molar-refractivity contribution is 0.00256. The minimum Gasteiger partial charge on any atom is -0.494 e. The number of carbonyl (C=O) groups is 1. The van der Waals surface area contributed by atoms with Crippen LogP contribution in [0.4, 0.5) is 0 Å². The number of hydrogen-bond donors (Lipinski definition) is 0. The summed E-state index contributed by atoms with van der Waals surface area (Å²) >= 11 is 0. The SMILES string of the molecule is CCOc1cccc(C(=O)N2C[C@@H]3[C@H](CN(C)C)[C@H]4CC[C@]3(C2)O4)c1. The van der Waals surface area contributed by atoms with Crippen LogP contribution in [0, 0.1) is 11.8 Å². The van der Waals surface area contributed by atoms with Gasteiger partial charge < -0.3 is 19.3 Å². The summed E-state index contributed by atoms with van der Waals surface area (Å²) in [5.74, 6) is 1.86. The van der Waals surface area contributed by atoms with Crippen molar-refractivity contribution >= 4 is 5.91 Å². The molecule has 0 aromatic heterocycles. The largest absolute Gasteiger partial charge is 0.494 e. The lowest BCUT2D eigenvalue weighted by Crippen LogP contribution is -2.40. The van der Waals surface area contributed by atoms with Crippen LogP contribution in [0.2, 0.25) is 0 Å². The predicted octanol–water partition coefficient (Wildman–Crippen LogP) is 2.27. The fraction of sp³-hybridized carbons (Fsp3) is 0.650. The molecule has 1 aromatic carbocycles. The highest BCUT2D eigenvalue weighted by Crippen LogP contribution is 2.55. The second-order valence-electron chi connectivity index (χ2n) is 7.94. The van der Waals surface area contributed by atoms with Crippen molar-refractivity contribution in [1.29, 1.82) is 0 Å². The van der Waals surface area contributed by atoms with Gasteiger partial charge in [0.2, 0.25) is 0 Å². The first-order valence-corrected chi connectivity index (χ1v) is 9.37. The van der Waals surface area contributed by atoms with E-state index < -0.39 is 0 Å². The van der Waals surface area contributed by atoms with Gasteiger partial charge >= 0.3 is 0 Å². The molecule has 4 rings (SSSR count). The number of benzene rings is 1. The quantitative estimate of drug-likeness (QED) is 0.822. The molecule has 25 heavy (non-hydrogen) atoms. The molecule has 0 unspecified atom stereocenters. The Hall–Kier alpha value is -1.59. The van der Waals surface area contributed by atoms with E-state index in [1.54, 1.807) is 0 Å². The number of likely N-dealkylation sites (tertiary alicyclic amines) is 1. The van der Waals surface area contributed by atoms with Gasteiger partial charge in [-0.05, 0) is 52.1 Å². The van der Waals surface area contributed by atoms with Gasteiger partial charge in [-0.2, -0.15) is 0 Å². The minimum absolute atomic E-state index is 0.0981. The molecule has 4 atom stereocenters. The Morgan fingerprint density at radius 2 is 2.28 bits per heavy atom. The van der Waals surface area contributed by atoms with Crippen molar-refractivity contribution in [3.63, 3.8) is 0 Å². The maximum atomic E-state index is 13.0. The van der Waals surface area contributed by atoms with Crippen LogP contribution in [0.1, 0.15) is 30.1 Å². The van der Waals surface area contributed by atoms with Gasteiger partial charge in [0.15, 0.2) is 0 Å². The summed E-state index contributed by atoms with van der Waals surface area (Å²) in [7, 11) is 4.24. The second-order valence-corrected chi connectivity index (χ2v) is 7.94. The van der Waals surface area contributed by atoms with Crippen molar-refractivity contribution in [2.24, 2.45) is 11.8 Å². The molecule has 3 heterocycles. The third-order valence-corrected chi connectivity index (χ3v) is 6.04. The number of rotatable bonds is 5. The summed E-state index contributed by atoms with van der Waals surface area (Å²) in [6.45, 7) is 5.14. The lowest BCUT2D eigenvalue weighted by Gasteiger charge is -2.30. The number of fused-ring (bicyclic) bond motifs is 1. The average molecular weight is 344 g/mol. The first-order chi connectivity index (χ1) is 12.0. The first kappa shape index (κ1) is 16.9. The van der Waals surface area contributed by atoms with E-state index in [4.69, 9.17) is 9.47 Å². The van der Waals surface area contributed by atoms with Crippen molar-refractivity contribution in [2.75, 3.05) is 40.3 Å². The van der Waals surface area contributed by atoms with Crippen LogP contribution in [-0.4, -0.2) is 67.7 Å². The van der Waals surface area contributed by atoms with Crippen molar-refractivity contribution in [1.82, 2.24) is 9.80 Å². The standard InChI is InChI=1S/C20H28N2O3/c1-4-24-15-7-5-6-14(10-15)19(23)22-12-17-16(11-21(2)3)18-8-9-20(17,13-22)25-18/h5-7,10,16-18H,4,8-9,11-13H2,1-3H3/t16-,17+,18+,20+/m0/s1. The Morgan fingerprint density at radius 3 is 3.04 bits per heavy atom. The van der Waals surface area contributed by atoms with Crippen molar-refractivity contribution in [2.45, 2.75) is 31.5 Å². The maximum absolute atomic E-state index is 13.0. The van der Waals surface area contributed by atoms with Gasteiger partial charge in [-0.15, -0.1) is 0 Å². The van der Waals surface area contributed by atoms with Crippen LogP contribution < -0.4 is 4.74 Å². The van der Waals surface area contributed by atoms with Crippen LogP contribution in [-0.2, 0) is 4.74 Å². The third kappa shape index (κ3) is 2.83. The van der Waals surface area contributed by atoms with Gasteiger partial charge in [0.1, 0.15) is 5.75 Å². The fourth-order valence-corrected chi connectivity index (χ4v) is 5.08. The van der Waals surface area contributed by atoms with Crippen LogP contribution >= 0.6 is 0 Å². The Labute approximate surface area is 149 Å². The number of carbonyl (C=O) groups excluding carboxylic acids is 1. The maximum Gasteiger partial charge on any atom is 0.254 e. The highest BCUT2D eigenvalue weighted by atomic mass is 16.5. The van der Waals surface area contributed by atoms with E-state index in [2.05, 4.69) is 19.0 Å². The van der Waals surface area contributed by atoms with E-state index in [9.17, 15) is 4.79 Å². The summed E-state index contributed by atoms with van der Waals surface area (Å²) < 4.78 is 12.0. The van der Waals surface area contributed by atoms with Crippen molar-refractivity contribution in [3.8, 4) is 5.75 Å². The predicted molar refractivity (Wildman–Crippen MR) is 95.9 cm³/mol. The molecule has 1 amide bonds. The van der Waals surface area contributed by atoms with Crippen LogP contribution in [0.25, 0.3) is 0 Å². The molecule has 1 aromatic rings. The van der Waals surface area contributed by atoms with Crippen molar-refractivity contribution < 1.29 is 14.3 Å². The van der Waals surface area contributed by atoms with E-state index in [-0.39, 0.29) is 11.5 Å². The Kier molecular flexibility index (Phi) is 4.24. The Bertz CT molecular complexity index is 662. The summed E-state index contributed by atoms with van der Waals surface area (Å²) in [5, 5.41) is 0. The molecule has 0 saturated carbocycles. The summed E-state index contributed by atoms with van der Waals surface area (Å²) in [6, 6.07) is 7.53. The third-order valence-electron chi connectivity index (χ3n) is 6.04. The summed E-state index contributed by atoms with van der Waals surface area (Å²) in [5.41, 5.74) is 0.611. The highest BCUT2D eigenvalue weighted by molar-refractivity contribution is 5.95. The molecule has 3 aliphatic rings. The monoisotopic (exact) mass is 344 g/mol. The van der Waals surface area contributed by atoms with E-state index in [1.807, 2.05) is 36.1 Å². The molecule has 3 fully saturated rings. The van der Waals surface area contributed by atoms with E-state index in [1.165, 1.54) is 0 Å². The topological polar surface area (TPSA) is 42.0 Å². The fourth-order valence-electron chi connectivity index (χ4n) is 5.08. The molecule has 5 heteroatoms. The molecule has 2 bridgehead atoms. The number of amides is 1. The van der Waals surface area contributed by atoms with Gasteiger partial charge in [0.05, 0.1) is 24.9 Å². The molecule has 0 radical (unpaired) electrons. The average Bonchev–Trinajstić information content (AvgIpc) is 3.24. The smallest absolute Gasteiger partial charge is 0.254 e. The lowest BCUT2D eigenvalue weighted by atomic mass is 9.73. The van der Waals surface area contributed by atoms with Crippen LogP contribution in [0.3, 0.4) is 0 Å². The van der Waals surface area contributed by atoms with E-state index in [0.717, 1.165) is 38.2 Å². The van der Waals surface area contributed by atoms with Crippen molar-refractivity contribution in [3.05, 3.63) is 29.8 Å². The minimum atomic E-state index is -0.0987. The molecule has 3 saturated heterocycles. The van der Waals surface area contributed by atoms with E-state index >= 15 is 0 Å². The Morgan fingerprint density at radius 1 is 1.44 bits per heavy atom. The Balaban J connectivity index is 1.52. The molecular weight excluding hydrogens is 316 g/mol. The number of hydrogen-bond acceptors (Lipinski definition) is 4. The zero-order valence-electron chi connectivity index (χ0n) is 15.4. The normalized spacial score (nSPS) is 33.1. The molecule has 3 aliphatic heterocycles. The van der Waals surface area contributed by atoms with Gasteiger partial charge in [0, 0.05) is 30.5 Å². The highest BCUT2D eigenvalue weighted by Gasteiger charge is 2.63. The second kappa shape index (κ2) is 6.29. The zero-order valence-corrected chi connectivity index (χ0v) is 15.4. The van der Waals surface area contributed by atoms with Gasteiger partial charge in [0.25, 0.3) is 5.91 Å². The van der Waals surface area contributed by atoms with Gasteiger partial charge in [-0.3, -0.25) is 4.79 Å². The van der Waals surface area contributed by atoms with Gasteiger partial charge in [-0.25, -0.2) is 0 Å². The summed E-state index contributed by atoms with van der Waals surface area (Å²) in [6.07, 6.45) is 2.61. The molecule has 5 nitrogen and oxygen atoms in total. The zero-order chi connectivity index (χ0) is 17.6. The molecule has 0 N–H and O–H groups in total. The number of nitrogens with zero attached hydrogens (tertiary/aromatic N) is 2. The van der Waals surface area contributed by atoms with Gasteiger partial charge in [-0.1, -0.05) is 6.07 Å². The molecule has 136 valence electrons. The molecule has 1 spiro atoms.